The number of nitrogens with zero attached hydrogens (tertiary/aromatic N) is 3. The van der Waals surface area contributed by atoms with Gasteiger partial charge >= 0.3 is 5.97 Å². The van der Waals surface area contributed by atoms with Crippen LogP contribution < -0.4 is 5.32 Å². The highest BCUT2D eigenvalue weighted by molar-refractivity contribution is 5.80. The smallest absolute Gasteiger partial charge is 0.320 e. The monoisotopic (exact) mass is 370 g/mol. The predicted molar refractivity (Wildman–Crippen MR) is 101 cm³/mol. The number of rotatable bonds is 7. The molecule has 1 amide bonds. The number of aromatic nitrogens is 2. The van der Waals surface area contributed by atoms with Crippen LogP contribution in [-0.4, -0.2) is 50.8 Å². The molecule has 1 aromatic heterocycles. The fourth-order valence-electron chi connectivity index (χ4n) is 3.62. The standard InChI is InChI=1S/C20H26N4O3/c1-14-17(15(2)24(22-14)12-16-7-4-3-5-8-16)11-21-19(25)13-23-10-6-9-18(23)20(26)27/h3-5,7-8,18H,6,9-13H2,1-2H3,(H,21,25)(H,26,27)/t18-/m1/s1. The van der Waals surface area contributed by atoms with Gasteiger partial charge in [-0.15, -0.1) is 0 Å². The van der Waals surface area contributed by atoms with Gasteiger partial charge in [-0.25, -0.2) is 0 Å². The summed E-state index contributed by atoms with van der Waals surface area (Å²) in [7, 11) is 0. The highest BCUT2D eigenvalue weighted by Gasteiger charge is 2.31. The summed E-state index contributed by atoms with van der Waals surface area (Å²) in [5.41, 5.74) is 4.11. The van der Waals surface area contributed by atoms with Gasteiger partial charge in [-0.1, -0.05) is 30.3 Å². The van der Waals surface area contributed by atoms with Gasteiger partial charge in [-0.2, -0.15) is 5.10 Å². The Morgan fingerprint density at radius 3 is 2.70 bits per heavy atom. The molecule has 1 aliphatic rings. The van der Waals surface area contributed by atoms with Crippen LogP contribution in [0.15, 0.2) is 30.3 Å². The molecule has 0 unspecified atom stereocenters. The van der Waals surface area contributed by atoms with Gasteiger partial charge in [0.2, 0.25) is 5.91 Å². The third-order valence-electron chi connectivity index (χ3n) is 5.16. The lowest BCUT2D eigenvalue weighted by Crippen LogP contribution is -2.42. The van der Waals surface area contributed by atoms with Crippen molar-refractivity contribution in [3.05, 3.63) is 52.8 Å². The second-order valence-corrected chi connectivity index (χ2v) is 7.04. The molecule has 0 radical (unpaired) electrons. The molecule has 1 atom stereocenters. The molecule has 1 saturated heterocycles. The van der Waals surface area contributed by atoms with Crippen molar-refractivity contribution in [2.24, 2.45) is 0 Å². The van der Waals surface area contributed by atoms with Gasteiger partial charge in [0, 0.05) is 17.8 Å². The first kappa shape index (κ1) is 19.1. The van der Waals surface area contributed by atoms with Crippen LogP contribution in [0.1, 0.15) is 35.4 Å². The van der Waals surface area contributed by atoms with E-state index in [2.05, 4.69) is 22.5 Å². The molecule has 1 fully saturated rings. The van der Waals surface area contributed by atoms with E-state index in [0.29, 0.717) is 26.1 Å². The van der Waals surface area contributed by atoms with Crippen LogP contribution in [0.2, 0.25) is 0 Å². The number of carbonyl (C=O) groups is 2. The van der Waals surface area contributed by atoms with Gasteiger partial charge in [-0.05, 0) is 38.8 Å². The van der Waals surface area contributed by atoms with Crippen LogP contribution in [0.5, 0.6) is 0 Å². The maximum Gasteiger partial charge on any atom is 0.320 e. The van der Waals surface area contributed by atoms with Gasteiger partial charge in [0.1, 0.15) is 6.04 Å². The molecule has 0 aliphatic carbocycles. The minimum atomic E-state index is -0.853. The van der Waals surface area contributed by atoms with Gasteiger partial charge in [0.25, 0.3) is 0 Å². The first-order valence-corrected chi connectivity index (χ1v) is 9.26. The Morgan fingerprint density at radius 1 is 1.26 bits per heavy atom. The Balaban J connectivity index is 1.59. The molecule has 27 heavy (non-hydrogen) atoms. The summed E-state index contributed by atoms with van der Waals surface area (Å²) < 4.78 is 1.95. The van der Waals surface area contributed by atoms with Crippen LogP contribution in [0.4, 0.5) is 0 Å². The first-order chi connectivity index (χ1) is 13.0. The number of carboxylic acids is 1. The van der Waals surface area contributed by atoms with E-state index in [9.17, 15) is 14.7 Å². The lowest BCUT2D eigenvalue weighted by molar-refractivity contribution is -0.142. The van der Waals surface area contributed by atoms with Crippen LogP contribution >= 0.6 is 0 Å². The number of carboxylic acid groups (broad SMARTS) is 1. The van der Waals surface area contributed by atoms with Gasteiger partial charge < -0.3 is 10.4 Å². The number of nitrogens with one attached hydrogen (secondary N) is 1. The minimum absolute atomic E-state index is 0.118. The van der Waals surface area contributed by atoms with Crippen molar-refractivity contribution in [3.63, 3.8) is 0 Å². The maximum atomic E-state index is 12.3. The number of hydrogen-bond donors (Lipinski definition) is 2. The Bertz CT molecular complexity index is 816. The molecule has 3 rings (SSSR count). The second-order valence-electron chi connectivity index (χ2n) is 7.04. The average molecular weight is 370 g/mol. The molecule has 7 nitrogen and oxygen atoms in total. The molecule has 2 aromatic rings. The summed E-state index contributed by atoms with van der Waals surface area (Å²) >= 11 is 0. The zero-order valence-electron chi connectivity index (χ0n) is 15.8. The van der Waals surface area contributed by atoms with Crippen molar-refractivity contribution in [3.8, 4) is 0 Å². The number of aliphatic carboxylic acids is 1. The largest absolute Gasteiger partial charge is 0.480 e. The topological polar surface area (TPSA) is 87.5 Å². The molecule has 0 bridgehead atoms. The van der Waals surface area contributed by atoms with Crippen LogP contribution in [-0.2, 0) is 22.7 Å². The highest BCUT2D eigenvalue weighted by atomic mass is 16.4. The zero-order valence-corrected chi connectivity index (χ0v) is 15.8. The Morgan fingerprint density at radius 2 is 2.00 bits per heavy atom. The molecule has 1 aromatic carbocycles. The Hall–Kier alpha value is -2.67. The molecule has 0 spiro atoms. The quantitative estimate of drug-likeness (QED) is 0.775. The van der Waals surface area contributed by atoms with E-state index in [-0.39, 0.29) is 12.5 Å². The molecular formula is C20H26N4O3. The summed E-state index contributed by atoms with van der Waals surface area (Å²) in [5, 5.41) is 16.7. The minimum Gasteiger partial charge on any atom is -0.480 e. The Labute approximate surface area is 159 Å². The third kappa shape index (κ3) is 4.54. The van der Waals surface area contributed by atoms with E-state index in [4.69, 9.17) is 0 Å². The SMILES string of the molecule is Cc1nn(Cc2ccccc2)c(C)c1CNC(=O)CN1CCC[C@@H]1C(=O)O. The van der Waals surface area contributed by atoms with Crippen LogP contribution in [0.25, 0.3) is 0 Å². The second kappa shape index (κ2) is 8.35. The van der Waals surface area contributed by atoms with E-state index in [1.165, 1.54) is 5.56 Å². The zero-order chi connectivity index (χ0) is 19.4. The number of carbonyl (C=O) groups excluding carboxylic acids is 1. The fourth-order valence-corrected chi connectivity index (χ4v) is 3.62. The summed E-state index contributed by atoms with van der Waals surface area (Å²) in [6.07, 6.45) is 1.42. The van der Waals surface area contributed by atoms with Crippen molar-refractivity contribution in [2.75, 3.05) is 13.1 Å². The van der Waals surface area contributed by atoms with Gasteiger partial charge in [-0.3, -0.25) is 19.2 Å². The van der Waals surface area contributed by atoms with Crippen molar-refractivity contribution in [2.45, 2.75) is 45.8 Å². The Kier molecular flexibility index (Phi) is 5.91. The lowest BCUT2D eigenvalue weighted by Gasteiger charge is -2.20. The lowest BCUT2D eigenvalue weighted by atomic mass is 10.2. The molecule has 144 valence electrons. The van der Waals surface area contributed by atoms with E-state index in [1.807, 2.05) is 36.7 Å². The number of amides is 1. The molecule has 0 saturated carbocycles. The number of aryl methyl sites for hydroxylation is 1. The van der Waals surface area contributed by atoms with Gasteiger partial charge in [0.05, 0.1) is 18.8 Å². The molecule has 2 N–H and O–H groups in total. The average Bonchev–Trinajstić information content (AvgIpc) is 3.19. The highest BCUT2D eigenvalue weighted by Crippen LogP contribution is 2.17. The molecular weight excluding hydrogens is 344 g/mol. The molecule has 7 heteroatoms. The third-order valence-corrected chi connectivity index (χ3v) is 5.16. The van der Waals surface area contributed by atoms with E-state index in [0.717, 1.165) is 23.4 Å². The first-order valence-electron chi connectivity index (χ1n) is 9.26. The molecule has 2 heterocycles. The van der Waals surface area contributed by atoms with Crippen molar-refractivity contribution in [1.29, 1.82) is 0 Å². The summed E-state index contributed by atoms with van der Waals surface area (Å²) in [5.74, 6) is -1.01. The van der Waals surface area contributed by atoms with Crippen molar-refractivity contribution >= 4 is 11.9 Å². The summed E-state index contributed by atoms with van der Waals surface area (Å²) in [6, 6.07) is 9.57. The molecule has 1 aliphatic heterocycles. The number of likely N-dealkylation sites (tertiary alicyclic amines) is 1. The van der Waals surface area contributed by atoms with E-state index >= 15 is 0 Å². The number of hydrogen-bond acceptors (Lipinski definition) is 4. The van der Waals surface area contributed by atoms with Crippen LogP contribution in [0.3, 0.4) is 0 Å². The van der Waals surface area contributed by atoms with Crippen LogP contribution in [0, 0.1) is 13.8 Å². The van der Waals surface area contributed by atoms with Gasteiger partial charge in [0.15, 0.2) is 0 Å². The normalized spacial score (nSPS) is 17.2. The van der Waals surface area contributed by atoms with E-state index < -0.39 is 12.0 Å². The fraction of sp³-hybridized carbons (Fsp3) is 0.450. The van der Waals surface area contributed by atoms with Crippen molar-refractivity contribution < 1.29 is 14.7 Å². The maximum absolute atomic E-state index is 12.3. The predicted octanol–water partition coefficient (Wildman–Crippen LogP) is 1.71. The number of benzene rings is 1. The van der Waals surface area contributed by atoms with E-state index in [1.54, 1.807) is 4.90 Å². The van der Waals surface area contributed by atoms with Crippen molar-refractivity contribution in [1.82, 2.24) is 20.0 Å². The summed E-state index contributed by atoms with van der Waals surface area (Å²) in [6.45, 7) is 5.80. The summed E-state index contributed by atoms with van der Waals surface area (Å²) in [4.78, 5) is 25.3.